The summed E-state index contributed by atoms with van der Waals surface area (Å²) < 4.78 is 37.8. The third-order valence-corrected chi connectivity index (χ3v) is 21.0. The number of fused-ring (bicyclic) bond motifs is 4. The van der Waals surface area contributed by atoms with Crippen molar-refractivity contribution < 1.29 is 27.0 Å². The Morgan fingerprint density at radius 3 is 1.17 bits per heavy atom. The first kappa shape index (κ1) is 74.6. The molecule has 10 heteroatoms. The van der Waals surface area contributed by atoms with Gasteiger partial charge in [0.15, 0.2) is 22.2 Å². The molecule has 0 spiro atoms. The van der Waals surface area contributed by atoms with Crippen molar-refractivity contribution >= 4 is 43.6 Å². The zero-order chi connectivity index (χ0) is 74.9. The van der Waals surface area contributed by atoms with Gasteiger partial charge in [-0.25, -0.2) is 22.5 Å². The zero-order valence-electron chi connectivity index (χ0n) is 65.1. The van der Waals surface area contributed by atoms with Gasteiger partial charge in [0.1, 0.15) is 35.8 Å². The van der Waals surface area contributed by atoms with E-state index in [0.717, 1.165) is 101 Å². The van der Waals surface area contributed by atoms with E-state index >= 15 is 0 Å². The number of aryl methyl sites for hydroxylation is 8. The van der Waals surface area contributed by atoms with Crippen LogP contribution in [0.25, 0.3) is 111 Å². The summed E-state index contributed by atoms with van der Waals surface area (Å²) in [4.78, 5) is 19.3. The van der Waals surface area contributed by atoms with E-state index < -0.39 is 0 Å². The van der Waals surface area contributed by atoms with Crippen LogP contribution in [0.5, 0.6) is 0 Å². The highest BCUT2D eigenvalue weighted by molar-refractivity contribution is 5.96. The Hall–Kier alpha value is -10.6. The van der Waals surface area contributed by atoms with Crippen LogP contribution in [0.3, 0.4) is 0 Å². The molecule has 0 bridgehead atoms. The molecule has 0 aliphatic carbocycles. The van der Waals surface area contributed by atoms with Gasteiger partial charge in [-0.15, -0.1) is 0 Å². The largest absolute Gasteiger partial charge is 0.296 e. The summed E-state index contributed by atoms with van der Waals surface area (Å²) in [5, 5.41) is 4.60. The maximum atomic E-state index is 14.8. The van der Waals surface area contributed by atoms with Gasteiger partial charge in [-0.2, -0.15) is 4.57 Å². The molecule has 104 heavy (non-hydrogen) atoms. The van der Waals surface area contributed by atoms with Crippen molar-refractivity contribution in [2.24, 2.45) is 28.2 Å². The minimum atomic E-state index is -0.197. The van der Waals surface area contributed by atoms with Crippen LogP contribution >= 0.6 is 0 Å². The molecule has 0 N–H and O–H groups in total. The molecule has 14 aromatic rings. The van der Waals surface area contributed by atoms with Gasteiger partial charge in [0, 0.05) is 67.3 Å². The van der Waals surface area contributed by atoms with E-state index in [1.165, 1.54) is 77.9 Å². The number of hydrogen-bond donors (Lipinski definition) is 0. The van der Waals surface area contributed by atoms with Crippen molar-refractivity contribution in [3.63, 3.8) is 0 Å². The van der Waals surface area contributed by atoms with Gasteiger partial charge in [0.2, 0.25) is 5.69 Å². The van der Waals surface area contributed by atoms with Crippen LogP contribution in [0, 0.1) is 80.9 Å². The smallest absolute Gasteiger partial charge is 0.252 e. The Balaban J connectivity index is 0.000000140. The lowest BCUT2D eigenvalue weighted by Gasteiger charge is -2.15. The molecule has 14 rings (SSSR count). The maximum absolute atomic E-state index is 14.8. The summed E-state index contributed by atoms with van der Waals surface area (Å²) in [5.74, 6) is 4.43. The van der Waals surface area contributed by atoms with Crippen molar-refractivity contribution in [3.05, 3.63) is 285 Å². The summed E-state index contributed by atoms with van der Waals surface area (Å²) in [6.45, 7) is 37.9. The number of halogens is 2. The number of benzene rings is 9. The molecular weight excluding hydrogens is 1280 g/mol. The summed E-state index contributed by atoms with van der Waals surface area (Å²) >= 11 is 0. The van der Waals surface area contributed by atoms with Gasteiger partial charge < -0.3 is 0 Å². The minimum absolute atomic E-state index is 0.110. The van der Waals surface area contributed by atoms with Crippen LogP contribution < -0.4 is 18.3 Å². The van der Waals surface area contributed by atoms with Gasteiger partial charge in [0.05, 0.1) is 48.2 Å². The lowest BCUT2D eigenvalue weighted by atomic mass is 9.93. The monoisotopic (exact) mass is 1380 g/mol. The van der Waals surface area contributed by atoms with E-state index in [4.69, 9.17) is 19.9 Å². The molecule has 0 amide bonds. The first-order chi connectivity index (χ1) is 49.5. The molecule has 0 aliphatic rings. The maximum Gasteiger partial charge on any atom is 0.296 e. The van der Waals surface area contributed by atoms with E-state index in [-0.39, 0.29) is 11.6 Å². The summed E-state index contributed by atoms with van der Waals surface area (Å²) in [7, 11) is 8.30. The highest BCUT2D eigenvalue weighted by Crippen LogP contribution is 2.38. The van der Waals surface area contributed by atoms with Crippen LogP contribution in [-0.2, 0) is 28.2 Å². The number of aromatic nitrogens is 8. The molecule has 0 atom stereocenters. The summed E-state index contributed by atoms with van der Waals surface area (Å²) in [6.07, 6.45) is 0. The normalized spacial score (nSPS) is 11.4. The second-order valence-corrected chi connectivity index (χ2v) is 29.5. The number of nitrogens with zero attached hydrogens (tertiary/aromatic N) is 8. The molecule has 0 unspecified atom stereocenters. The number of pyridine rings is 2. The molecule has 5 heterocycles. The zero-order valence-corrected chi connectivity index (χ0v) is 65.1. The van der Waals surface area contributed by atoms with Crippen LogP contribution in [-0.4, -0.2) is 19.9 Å². The summed E-state index contributed by atoms with van der Waals surface area (Å²) in [6, 6.07) is 67.4. The van der Waals surface area contributed by atoms with E-state index in [2.05, 4.69) is 261 Å². The van der Waals surface area contributed by atoms with E-state index in [0.29, 0.717) is 34.8 Å². The molecule has 0 fully saturated rings. The average Bonchev–Trinajstić information content (AvgIpc) is 0.778. The average molecular weight is 1380 g/mol. The van der Waals surface area contributed by atoms with Crippen LogP contribution in [0.1, 0.15) is 158 Å². The first-order valence-electron chi connectivity index (χ1n) is 36.6. The molecular formula is C94H102F2N8+4. The highest BCUT2D eigenvalue weighted by Gasteiger charge is 2.27. The van der Waals surface area contributed by atoms with E-state index in [1.807, 2.05) is 98.1 Å². The molecule has 528 valence electrons. The Labute approximate surface area is 615 Å². The SMILES string of the molecule is Cc1cc(-c2c3ccc(C(C)C)cc3nc(C)[n+]2C)c(C)c(C)c1F.Cc1cc(-c2ccccc2)ccc1-c1c2ccc(C(C)C)cc2nc(C)[n+]1C.Cc1cc(F)c(-c2ccccc2)cc1-c1c2ccc(C(C)C)cc2nc(C)[n+]1C.Cc1ccccc1-c1c2ccc(C(C)C)nc2cc(C)[n+]1C. The highest BCUT2D eigenvalue weighted by atomic mass is 19.1. The van der Waals surface area contributed by atoms with Crippen molar-refractivity contribution in [2.45, 2.75) is 148 Å². The van der Waals surface area contributed by atoms with Crippen molar-refractivity contribution in [3.8, 4) is 67.3 Å². The van der Waals surface area contributed by atoms with Gasteiger partial charge in [-0.1, -0.05) is 165 Å². The predicted molar refractivity (Wildman–Crippen MR) is 428 cm³/mol. The molecule has 9 aromatic carbocycles. The summed E-state index contributed by atoms with van der Waals surface area (Å²) in [5.41, 5.74) is 29.5. The van der Waals surface area contributed by atoms with Crippen molar-refractivity contribution in [1.82, 2.24) is 19.9 Å². The quantitative estimate of drug-likeness (QED) is 0.128. The Morgan fingerprint density at radius 2 is 0.702 bits per heavy atom. The van der Waals surface area contributed by atoms with E-state index in [9.17, 15) is 8.78 Å². The van der Waals surface area contributed by atoms with Gasteiger partial charge >= 0.3 is 0 Å². The third-order valence-electron chi connectivity index (χ3n) is 21.0. The van der Waals surface area contributed by atoms with E-state index in [1.54, 1.807) is 6.07 Å². The molecule has 0 radical (unpaired) electrons. The molecule has 8 nitrogen and oxygen atoms in total. The fraction of sp³-hybridized carbons (Fsp3) is 0.277. The standard InChI is InChI=1S/C26H26FN2.C26H27N2.C22H26FN2.C20H23N2/c1-16(2)20-11-12-21-25(14-20)28-18(4)29(5)26(21)22-15-23(24(27)13-17(22)3)19-9-7-6-8-10-19;1-17(2)21-11-14-24-25(16-21)27-19(4)28(5)26(24)23-13-12-22(15-18(23)3)20-9-7-6-8-10-20;1-12(2)17-8-9-18-20(11-17)24-16(6)25(7)22(18)19-10-13(3)21(23)15(5)14(19)4;1-13(2)18-11-10-17-19(21-18)12-15(4)22(5)20(17)16-9-7-6-8-14(16)3/h6-16H,1-5H3;6-17H,1-5H3;8-12H,1-7H3;6-13H,1-5H3/q4*+1. The minimum Gasteiger partial charge on any atom is -0.252 e. The number of rotatable bonds is 10. The fourth-order valence-electron chi connectivity index (χ4n) is 14.1. The van der Waals surface area contributed by atoms with Gasteiger partial charge in [0.25, 0.3) is 17.5 Å². The second kappa shape index (κ2) is 31.2. The second-order valence-electron chi connectivity index (χ2n) is 29.5. The topological polar surface area (TPSA) is 67.1 Å². The number of hydrogen-bond acceptors (Lipinski definition) is 4. The van der Waals surface area contributed by atoms with Crippen LogP contribution in [0.2, 0.25) is 0 Å². The lowest BCUT2D eigenvalue weighted by Crippen LogP contribution is -2.36. The van der Waals surface area contributed by atoms with Crippen LogP contribution in [0.15, 0.2) is 194 Å². The first-order valence-corrected chi connectivity index (χ1v) is 36.6. The predicted octanol–water partition coefficient (Wildman–Crippen LogP) is 22.1. The molecule has 0 saturated carbocycles. The van der Waals surface area contributed by atoms with Crippen LogP contribution in [0.4, 0.5) is 8.78 Å². The lowest BCUT2D eigenvalue weighted by molar-refractivity contribution is -0.668. The van der Waals surface area contributed by atoms with Crippen molar-refractivity contribution in [1.29, 1.82) is 0 Å². The Kier molecular flexibility index (Phi) is 22.4. The van der Waals surface area contributed by atoms with Gasteiger partial charge in [-0.05, 0) is 226 Å². The Bertz CT molecular complexity index is 5580. The fourth-order valence-corrected chi connectivity index (χ4v) is 14.1. The van der Waals surface area contributed by atoms with Gasteiger partial charge in [-0.3, -0.25) is 4.98 Å². The third kappa shape index (κ3) is 15.2. The molecule has 0 saturated heterocycles. The molecule has 0 aliphatic heterocycles. The Morgan fingerprint density at radius 1 is 0.288 bits per heavy atom. The molecule has 5 aromatic heterocycles. The van der Waals surface area contributed by atoms with Crippen molar-refractivity contribution in [2.75, 3.05) is 0 Å².